The Bertz CT molecular complexity index is 526. The number of aromatic amines is 1. The number of nitrogens with two attached hydrogens (primary N) is 1. The molecule has 6 heteroatoms. The number of anilines is 1. The van der Waals surface area contributed by atoms with Gasteiger partial charge >= 0.3 is 5.97 Å². The van der Waals surface area contributed by atoms with Crippen molar-refractivity contribution >= 4 is 23.4 Å². The summed E-state index contributed by atoms with van der Waals surface area (Å²) in [6, 6.07) is 5.12. The van der Waals surface area contributed by atoms with Gasteiger partial charge in [-0.15, -0.1) is 0 Å². The van der Waals surface area contributed by atoms with Gasteiger partial charge in [0.15, 0.2) is 5.16 Å². The topological polar surface area (TPSA) is 81.0 Å². The van der Waals surface area contributed by atoms with Crippen molar-refractivity contribution < 1.29 is 9.53 Å². The smallest absolute Gasteiger partial charge is 0.339 e. The number of nitrogen functional groups attached to an aromatic ring is 1. The fourth-order valence-corrected chi connectivity index (χ4v) is 2.22. The minimum absolute atomic E-state index is 0.411. The van der Waals surface area contributed by atoms with Gasteiger partial charge in [-0.25, -0.2) is 9.78 Å². The molecule has 0 radical (unpaired) electrons. The lowest BCUT2D eigenvalue weighted by atomic mass is 10.2. The lowest BCUT2D eigenvalue weighted by Crippen LogP contribution is -2.05. The van der Waals surface area contributed by atoms with Crippen molar-refractivity contribution in [3.63, 3.8) is 0 Å². The third-order valence-corrected chi connectivity index (χ3v) is 3.20. The average molecular weight is 249 g/mol. The summed E-state index contributed by atoms with van der Waals surface area (Å²) in [6.45, 7) is 0. The number of nitrogens with one attached hydrogen (secondary N) is 1. The number of ether oxygens (including phenoxy) is 1. The van der Waals surface area contributed by atoms with E-state index in [4.69, 9.17) is 10.5 Å². The molecule has 17 heavy (non-hydrogen) atoms. The fraction of sp³-hybridized carbons (Fsp3) is 0.0909. The molecule has 1 heterocycles. The summed E-state index contributed by atoms with van der Waals surface area (Å²) in [4.78, 5) is 19.3. The van der Waals surface area contributed by atoms with Crippen LogP contribution >= 0.6 is 11.8 Å². The van der Waals surface area contributed by atoms with E-state index in [1.54, 1.807) is 30.6 Å². The highest BCUT2D eigenvalue weighted by molar-refractivity contribution is 7.99. The van der Waals surface area contributed by atoms with Gasteiger partial charge in [0, 0.05) is 18.1 Å². The van der Waals surface area contributed by atoms with Crippen LogP contribution in [0.4, 0.5) is 5.69 Å². The first-order chi connectivity index (χ1) is 8.22. The summed E-state index contributed by atoms with van der Waals surface area (Å²) in [5.74, 6) is -0.411. The third-order valence-electron chi connectivity index (χ3n) is 2.12. The molecule has 1 aromatic heterocycles. The number of aromatic nitrogens is 2. The van der Waals surface area contributed by atoms with Crippen LogP contribution in [0.3, 0.4) is 0 Å². The highest BCUT2D eigenvalue weighted by Crippen LogP contribution is 2.33. The van der Waals surface area contributed by atoms with Crippen molar-refractivity contribution in [2.75, 3.05) is 12.8 Å². The van der Waals surface area contributed by atoms with E-state index < -0.39 is 5.97 Å². The number of methoxy groups -OCH3 is 1. The van der Waals surface area contributed by atoms with Gasteiger partial charge in [-0.3, -0.25) is 0 Å². The largest absolute Gasteiger partial charge is 0.465 e. The Morgan fingerprint density at radius 1 is 1.53 bits per heavy atom. The number of nitrogens with zero attached hydrogens (tertiary/aromatic N) is 1. The van der Waals surface area contributed by atoms with Crippen molar-refractivity contribution in [2.45, 2.75) is 10.1 Å². The lowest BCUT2D eigenvalue weighted by Gasteiger charge is -2.08. The molecule has 0 aliphatic heterocycles. The van der Waals surface area contributed by atoms with Crippen LogP contribution in [0, 0.1) is 0 Å². The molecule has 0 bridgehead atoms. The molecule has 0 spiro atoms. The van der Waals surface area contributed by atoms with Crippen LogP contribution in [0.25, 0.3) is 0 Å². The zero-order chi connectivity index (χ0) is 12.3. The molecular formula is C11H11N3O2S. The zero-order valence-corrected chi connectivity index (χ0v) is 9.95. The van der Waals surface area contributed by atoms with Gasteiger partial charge in [-0.1, -0.05) is 6.07 Å². The molecule has 0 atom stereocenters. The van der Waals surface area contributed by atoms with E-state index in [1.165, 1.54) is 18.9 Å². The molecule has 0 amide bonds. The number of carbonyl (C=O) groups excluding carboxylic acids is 1. The summed E-state index contributed by atoms with van der Waals surface area (Å²) in [5, 5.41) is 0.674. The highest BCUT2D eigenvalue weighted by atomic mass is 32.2. The first-order valence-electron chi connectivity index (χ1n) is 4.86. The molecule has 0 saturated heterocycles. The van der Waals surface area contributed by atoms with Crippen molar-refractivity contribution in [1.29, 1.82) is 0 Å². The van der Waals surface area contributed by atoms with Gasteiger partial charge in [-0.2, -0.15) is 0 Å². The lowest BCUT2D eigenvalue weighted by molar-refractivity contribution is 0.0597. The SMILES string of the molecule is COC(=O)c1cccc(N)c1Sc1ncc[nH]1. The summed E-state index contributed by atoms with van der Waals surface area (Å²) in [7, 11) is 1.34. The van der Waals surface area contributed by atoms with Gasteiger partial charge in [-0.05, 0) is 23.9 Å². The fourth-order valence-electron chi connectivity index (χ4n) is 1.34. The van der Waals surface area contributed by atoms with Crippen molar-refractivity contribution in [3.05, 3.63) is 36.2 Å². The van der Waals surface area contributed by atoms with Crippen LogP contribution in [0.5, 0.6) is 0 Å². The summed E-state index contributed by atoms with van der Waals surface area (Å²) in [5.41, 5.74) is 6.82. The quantitative estimate of drug-likeness (QED) is 0.641. The van der Waals surface area contributed by atoms with Gasteiger partial charge in [0.25, 0.3) is 0 Å². The van der Waals surface area contributed by atoms with E-state index in [-0.39, 0.29) is 0 Å². The third kappa shape index (κ3) is 2.42. The average Bonchev–Trinajstić information content (AvgIpc) is 2.83. The minimum Gasteiger partial charge on any atom is -0.465 e. The number of hydrogen-bond donors (Lipinski definition) is 2. The highest BCUT2D eigenvalue weighted by Gasteiger charge is 2.15. The van der Waals surface area contributed by atoms with E-state index in [0.29, 0.717) is 21.3 Å². The molecule has 0 saturated carbocycles. The number of esters is 1. The van der Waals surface area contributed by atoms with Crippen molar-refractivity contribution in [2.24, 2.45) is 0 Å². The predicted molar refractivity (Wildman–Crippen MR) is 64.9 cm³/mol. The maximum atomic E-state index is 11.6. The van der Waals surface area contributed by atoms with E-state index in [2.05, 4.69) is 9.97 Å². The zero-order valence-electron chi connectivity index (χ0n) is 9.14. The van der Waals surface area contributed by atoms with Crippen LogP contribution in [-0.4, -0.2) is 23.0 Å². The van der Waals surface area contributed by atoms with Gasteiger partial charge < -0.3 is 15.5 Å². The standard InChI is InChI=1S/C11H11N3O2S/c1-16-10(15)7-3-2-4-8(12)9(7)17-11-13-5-6-14-11/h2-6H,12H2,1H3,(H,13,14). The molecule has 5 nitrogen and oxygen atoms in total. The Morgan fingerprint density at radius 3 is 3.00 bits per heavy atom. The first-order valence-corrected chi connectivity index (χ1v) is 5.68. The Labute approximate surface area is 102 Å². The molecule has 3 N–H and O–H groups in total. The maximum Gasteiger partial charge on any atom is 0.339 e. The van der Waals surface area contributed by atoms with Crippen molar-refractivity contribution in [1.82, 2.24) is 9.97 Å². The maximum absolute atomic E-state index is 11.6. The predicted octanol–water partition coefficient (Wildman–Crippen LogP) is 1.93. The summed E-state index contributed by atoms with van der Waals surface area (Å²) < 4.78 is 4.71. The summed E-state index contributed by atoms with van der Waals surface area (Å²) in [6.07, 6.45) is 3.35. The van der Waals surface area contributed by atoms with Gasteiger partial charge in [0.2, 0.25) is 0 Å². The molecule has 0 fully saturated rings. The first kappa shape index (κ1) is 11.5. The molecule has 2 aromatic rings. The van der Waals surface area contributed by atoms with E-state index in [9.17, 15) is 4.79 Å². The monoisotopic (exact) mass is 249 g/mol. The van der Waals surface area contributed by atoms with E-state index in [1.807, 2.05) is 0 Å². The molecule has 0 aliphatic rings. The summed E-state index contributed by atoms with van der Waals surface area (Å²) >= 11 is 1.30. The molecule has 0 aliphatic carbocycles. The van der Waals surface area contributed by atoms with Crippen LogP contribution in [0.1, 0.15) is 10.4 Å². The number of rotatable bonds is 3. The molecular weight excluding hydrogens is 238 g/mol. The molecule has 1 aromatic carbocycles. The van der Waals surface area contributed by atoms with Gasteiger partial charge in [0.1, 0.15) is 0 Å². The van der Waals surface area contributed by atoms with Gasteiger partial charge in [0.05, 0.1) is 17.6 Å². The molecule has 2 rings (SSSR count). The van der Waals surface area contributed by atoms with Crippen LogP contribution in [0.2, 0.25) is 0 Å². The number of benzene rings is 1. The normalized spacial score (nSPS) is 10.2. The Kier molecular flexibility index (Phi) is 3.34. The number of hydrogen-bond acceptors (Lipinski definition) is 5. The second-order valence-electron chi connectivity index (χ2n) is 3.21. The minimum atomic E-state index is -0.411. The number of H-pyrrole nitrogens is 1. The Hall–Kier alpha value is -1.95. The Balaban J connectivity index is 2.40. The van der Waals surface area contributed by atoms with E-state index >= 15 is 0 Å². The second kappa shape index (κ2) is 4.92. The van der Waals surface area contributed by atoms with Crippen LogP contribution in [-0.2, 0) is 4.74 Å². The van der Waals surface area contributed by atoms with Crippen molar-refractivity contribution in [3.8, 4) is 0 Å². The molecule has 0 unspecified atom stereocenters. The second-order valence-corrected chi connectivity index (χ2v) is 4.21. The van der Waals surface area contributed by atoms with Crippen LogP contribution in [0.15, 0.2) is 40.6 Å². The Morgan fingerprint density at radius 2 is 2.35 bits per heavy atom. The van der Waals surface area contributed by atoms with E-state index in [0.717, 1.165) is 0 Å². The number of imidazole rings is 1. The van der Waals surface area contributed by atoms with Crippen LogP contribution < -0.4 is 5.73 Å². The molecule has 88 valence electrons. The number of carbonyl (C=O) groups is 1.